The third kappa shape index (κ3) is 3.55. The van der Waals surface area contributed by atoms with E-state index < -0.39 is 0 Å². The maximum Gasteiger partial charge on any atom is 0.204 e. The van der Waals surface area contributed by atoms with Gasteiger partial charge in [0, 0.05) is 10.6 Å². The third-order valence-electron chi connectivity index (χ3n) is 2.92. The minimum atomic E-state index is 0.398. The molecule has 0 N–H and O–H groups in total. The minimum Gasteiger partial charge on any atom is -0.490 e. The molecular weight excluding hydrogens is 323 g/mol. The van der Waals surface area contributed by atoms with Crippen LogP contribution in [0.1, 0.15) is 0 Å². The zero-order valence-electron chi connectivity index (χ0n) is 11.5. The van der Waals surface area contributed by atoms with E-state index in [4.69, 9.17) is 27.9 Å². The van der Waals surface area contributed by atoms with Gasteiger partial charge in [-0.25, -0.2) is 0 Å². The summed E-state index contributed by atoms with van der Waals surface area (Å²) in [7, 11) is 0. The maximum atomic E-state index is 6.02. The molecule has 0 radical (unpaired) electrons. The van der Waals surface area contributed by atoms with Gasteiger partial charge in [0.25, 0.3) is 0 Å². The summed E-state index contributed by atoms with van der Waals surface area (Å²) in [5.74, 6) is 1.17. The van der Waals surface area contributed by atoms with Crippen molar-refractivity contribution in [2.24, 2.45) is 0 Å². The summed E-state index contributed by atoms with van der Waals surface area (Å²) in [4.78, 5) is 1.48. The van der Waals surface area contributed by atoms with Crippen molar-refractivity contribution in [3.05, 3.63) is 58.6 Å². The van der Waals surface area contributed by atoms with Crippen LogP contribution in [0.3, 0.4) is 0 Å². The fourth-order valence-corrected chi connectivity index (χ4v) is 2.26. The van der Waals surface area contributed by atoms with Crippen LogP contribution in [0, 0.1) is 0 Å². The molecule has 2 aromatic carbocycles. The van der Waals surface area contributed by atoms with Crippen molar-refractivity contribution >= 4 is 23.2 Å². The molecule has 0 fully saturated rings. The van der Waals surface area contributed by atoms with Gasteiger partial charge in [0.2, 0.25) is 5.82 Å². The average Bonchev–Trinajstić information content (AvgIpc) is 2.98. The second-order valence-corrected chi connectivity index (χ2v) is 5.34. The SMILES string of the molecule is Clc1cccc(-c2nnn(CCOc3ccccc3Cl)n2)c1. The van der Waals surface area contributed by atoms with Gasteiger partial charge in [-0.05, 0) is 29.5 Å². The van der Waals surface area contributed by atoms with Crippen molar-refractivity contribution in [3.63, 3.8) is 0 Å². The highest BCUT2D eigenvalue weighted by Crippen LogP contribution is 2.23. The predicted molar refractivity (Wildman–Crippen MR) is 85.2 cm³/mol. The molecule has 3 aromatic rings. The maximum absolute atomic E-state index is 6.02. The van der Waals surface area contributed by atoms with E-state index in [-0.39, 0.29) is 0 Å². The van der Waals surface area contributed by atoms with Crippen molar-refractivity contribution < 1.29 is 4.74 Å². The molecule has 3 rings (SSSR count). The zero-order valence-corrected chi connectivity index (χ0v) is 13.0. The molecule has 0 amide bonds. The Bertz CT molecular complexity index is 775. The fraction of sp³-hybridized carbons (Fsp3) is 0.133. The first kappa shape index (κ1) is 14.8. The monoisotopic (exact) mass is 334 g/mol. The van der Waals surface area contributed by atoms with Crippen LogP contribution in [0.2, 0.25) is 10.0 Å². The Kier molecular flexibility index (Phi) is 4.56. The molecule has 5 nitrogen and oxygen atoms in total. The summed E-state index contributed by atoms with van der Waals surface area (Å²) in [5.41, 5.74) is 0.825. The van der Waals surface area contributed by atoms with Crippen LogP contribution < -0.4 is 4.74 Å². The van der Waals surface area contributed by atoms with E-state index in [1.54, 1.807) is 18.2 Å². The van der Waals surface area contributed by atoms with E-state index in [1.165, 1.54) is 4.80 Å². The van der Waals surface area contributed by atoms with Gasteiger partial charge in [0.1, 0.15) is 12.4 Å². The van der Waals surface area contributed by atoms with Crippen LogP contribution in [-0.4, -0.2) is 26.8 Å². The number of hydrogen-bond donors (Lipinski definition) is 0. The molecule has 0 saturated heterocycles. The van der Waals surface area contributed by atoms with Crippen molar-refractivity contribution in [1.29, 1.82) is 0 Å². The Hall–Kier alpha value is -2.11. The Morgan fingerprint density at radius 1 is 1.05 bits per heavy atom. The molecular formula is C15H12Cl2N4O. The quantitative estimate of drug-likeness (QED) is 0.713. The second-order valence-electron chi connectivity index (χ2n) is 4.50. The van der Waals surface area contributed by atoms with Gasteiger partial charge in [0.05, 0.1) is 11.6 Å². The lowest BCUT2D eigenvalue weighted by molar-refractivity contribution is 0.280. The summed E-state index contributed by atoms with van der Waals surface area (Å²) < 4.78 is 5.59. The Labute approximate surface area is 137 Å². The van der Waals surface area contributed by atoms with Crippen molar-refractivity contribution in [3.8, 4) is 17.1 Å². The summed E-state index contributed by atoms with van der Waals surface area (Å²) in [5, 5.41) is 13.5. The number of tetrazole rings is 1. The molecule has 22 heavy (non-hydrogen) atoms. The summed E-state index contributed by atoms with van der Waals surface area (Å²) in [6, 6.07) is 14.6. The fourth-order valence-electron chi connectivity index (χ4n) is 1.88. The molecule has 1 heterocycles. The first-order valence-electron chi connectivity index (χ1n) is 6.63. The molecule has 7 heteroatoms. The van der Waals surface area contributed by atoms with Crippen LogP contribution in [-0.2, 0) is 6.54 Å². The lowest BCUT2D eigenvalue weighted by Gasteiger charge is -2.06. The Morgan fingerprint density at radius 3 is 2.73 bits per heavy atom. The van der Waals surface area contributed by atoms with Gasteiger partial charge in [0.15, 0.2) is 0 Å². The molecule has 0 aliphatic carbocycles. The van der Waals surface area contributed by atoms with Crippen molar-refractivity contribution in [2.75, 3.05) is 6.61 Å². The molecule has 0 spiro atoms. The number of halogens is 2. The number of nitrogens with zero attached hydrogens (tertiary/aromatic N) is 4. The zero-order chi connectivity index (χ0) is 15.4. The normalized spacial score (nSPS) is 10.6. The predicted octanol–water partition coefficient (Wildman–Crippen LogP) is 3.73. The highest BCUT2D eigenvalue weighted by Gasteiger charge is 2.07. The van der Waals surface area contributed by atoms with E-state index in [0.29, 0.717) is 34.8 Å². The number of para-hydroxylation sites is 1. The molecule has 1 aromatic heterocycles. The average molecular weight is 335 g/mol. The van der Waals surface area contributed by atoms with Crippen LogP contribution >= 0.6 is 23.2 Å². The van der Waals surface area contributed by atoms with E-state index >= 15 is 0 Å². The summed E-state index contributed by atoms with van der Waals surface area (Å²) in [6.07, 6.45) is 0. The van der Waals surface area contributed by atoms with Crippen molar-refractivity contribution in [1.82, 2.24) is 20.2 Å². The van der Waals surface area contributed by atoms with E-state index in [1.807, 2.05) is 30.3 Å². The highest BCUT2D eigenvalue weighted by atomic mass is 35.5. The van der Waals surface area contributed by atoms with Crippen LogP contribution in [0.25, 0.3) is 11.4 Å². The van der Waals surface area contributed by atoms with Crippen LogP contribution in [0.4, 0.5) is 0 Å². The largest absolute Gasteiger partial charge is 0.490 e. The second kappa shape index (κ2) is 6.77. The number of rotatable bonds is 5. The lowest BCUT2D eigenvalue weighted by Crippen LogP contribution is -2.11. The minimum absolute atomic E-state index is 0.398. The van der Waals surface area contributed by atoms with Gasteiger partial charge in [-0.2, -0.15) is 4.80 Å². The number of benzene rings is 2. The van der Waals surface area contributed by atoms with Gasteiger partial charge in [-0.15, -0.1) is 10.2 Å². The number of hydrogen-bond acceptors (Lipinski definition) is 4. The lowest BCUT2D eigenvalue weighted by atomic mass is 10.2. The van der Waals surface area contributed by atoms with Crippen LogP contribution in [0.15, 0.2) is 48.5 Å². The molecule has 0 bridgehead atoms. The third-order valence-corrected chi connectivity index (χ3v) is 3.47. The smallest absolute Gasteiger partial charge is 0.204 e. The first-order valence-corrected chi connectivity index (χ1v) is 7.39. The topological polar surface area (TPSA) is 52.8 Å². The van der Waals surface area contributed by atoms with E-state index in [2.05, 4.69) is 15.4 Å². The van der Waals surface area contributed by atoms with Gasteiger partial charge in [-0.3, -0.25) is 0 Å². The summed E-state index contributed by atoms with van der Waals surface area (Å²) >= 11 is 12.0. The molecule has 0 aliphatic rings. The highest BCUT2D eigenvalue weighted by molar-refractivity contribution is 6.32. The molecule has 0 saturated carbocycles. The van der Waals surface area contributed by atoms with E-state index in [9.17, 15) is 0 Å². The van der Waals surface area contributed by atoms with Gasteiger partial charge in [-0.1, -0.05) is 47.5 Å². The van der Waals surface area contributed by atoms with Crippen LogP contribution in [0.5, 0.6) is 5.75 Å². The van der Waals surface area contributed by atoms with Gasteiger partial charge < -0.3 is 4.74 Å². The number of ether oxygens (including phenoxy) is 1. The van der Waals surface area contributed by atoms with Crippen molar-refractivity contribution in [2.45, 2.75) is 6.54 Å². The molecule has 0 atom stereocenters. The molecule has 0 unspecified atom stereocenters. The number of aromatic nitrogens is 4. The first-order chi connectivity index (χ1) is 10.7. The standard InChI is InChI=1S/C15H12Cl2N4O/c16-12-5-3-4-11(10-12)15-18-20-21(19-15)8-9-22-14-7-2-1-6-13(14)17/h1-7,10H,8-9H2. The Morgan fingerprint density at radius 2 is 1.91 bits per heavy atom. The summed E-state index contributed by atoms with van der Waals surface area (Å²) in [6.45, 7) is 0.869. The van der Waals surface area contributed by atoms with E-state index in [0.717, 1.165) is 5.56 Å². The Balaban J connectivity index is 1.62. The molecule has 0 aliphatic heterocycles. The molecule has 112 valence electrons. The van der Waals surface area contributed by atoms with Gasteiger partial charge >= 0.3 is 0 Å².